The molecule has 7 heteroatoms. The van der Waals surface area contributed by atoms with Crippen LogP contribution in [0.4, 0.5) is 5.69 Å². The van der Waals surface area contributed by atoms with Gasteiger partial charge in [0.15, 0.2) is 11.5 Å². The number of amides is 2. The molecule has 6 rings (SSSR count). The lowest BCUT2D eigenvalue weighted by molar-refractivity contribution is 0.0729. The van der Waals surface area contributed by atoms with Crippen LogP contribution in [0.5, 0.6) is 11.5 Å². The molecule has 0 spiro atoms. The maximum absolute atomic E-state index is 13.1. The number of rotatable bonds is 5. The van der Waals surface area contributed by atoms with Crippen molar-refractivity contribution in [2.24, 2.45) is 0 Å². The zero-order chi connectivity index (χ0) is 25.4. The van der Waals surface area contributed by atoms with E-state index in [-0.39, 0.29) is 18.6 Å². The number of carbonyl (C=O) groups excluding carboxylic acids is 2. The highest BCUT2D eigenvalue weighted by Crippen LogP contribution is 2.34. The Labute approximate surface area is 214 Å². The molecule has 186 valence electrons. The van der Waals surface area contributed by atoms with Crippen LogP contribution in [0.3, 0.4) is 0 Å². The quantitative estimate of drug-likeness (QED) is 0.386. The molecule has 0 atom stereocenters. The second-order valence-electron chi connectivity index (χ2n) is 9.19. The van der Waals surface area contributed by atoms with E-state index in [1.807, 2.05) is 59.5 Å². The standard InChI is InChI=1S/C30H26N2O5/c1-2-19-6-8-20(9-7-19)29(33)31-24-5-3-4-21(14-24)27-16-23-17-32(13-12-25(23)37-27)30(34)22-10-11-26-28(15-22)36-18-35-26/h3-11,14-16H,2,12-13,17-18H2,1H3,(H,31,33). The van der Waals surface area contributed by atoms with E-state index < -0.39 is 0 Å². The first kappa shape index (κ1) is 22.9. The molecule has 0 saturated heterocycles. The summed E-state index contributed by atoms with van der Waals surface area (Å²) in [6.07, 6.45) is 1.57. The van der Waals surface area contributed by atoms with E-state index in [0.29, 0.717) is 53.6 Å². The predicted molar refractivity (Wildman–Crippen MR) is 139 cm³/mol. The fourth-order valence-electron chi connectivity index (χ4n) is 4.71. The summed E-state index contributed by atoms with van der Waals surface area (Å²) in [7, 11) is 0. The normalized spacial score (nSPS) is 13.8. The van der Waals surface area contributed by atoms with E-state index in [9.17, 15) is 9.59 Å². The fourth-order valence-corrected chi connectivity index (χ4v) is 4.71. The molecule has 1 N–H and O–H groups in total. The first-order valence-electron chi connectivity index (χ1n) is 12.4. The molecule has 0 unspecified atom stereocenters. The molecule has 2 amide bonds. The molecule has 0 bridgehead atoms. The van der Waals surface area contributed by atoms with Crippen molar-refractivity contribution >= 4 is 17.5 Å². The lowest BCUT2D eigenvalue weighted by atomic mass is 10.1. The van der Waals surface area contributed by atoms with Gasteiger partial charge in [-0.2, -0.15) is 0 Å². The summed E-state index contributed by atoms with van der Waals surface area (Å²) in [4.78, 5) is 27.7. The van der Waals surface area contributed by atoms with Gasteiger partial charge in [0.2, 0.25) is 6.79 Å². The molecule has 0 fully saturated rings. The van der Waals surface area contributed by atoms with Crippen molar-refractivity contribution in [3.63, 3.8) is 0 Å². The van der Waals surface area contributed by atoms with Gasteiger partial charge < -0.3 is 24.1 Å². The van der Waals surface area contributed by atoms with Crippen molar-refractivity contribution in [2.75, 3.05) is 18.7 Å². The van der Waals surface area contributed by atoms with E-state index in [1.165, 1.54) is 5.56 Å². The molecule has 0 saturated carbocycles. The summed E-state index contributed by atoms with van der Waals surface area (Å²) >= 11 is 0. The fraction of sp³-hybridized carbons (Fsp3) is 0.200. The predicted octanol–water partition coefficient (Wildman–Crippen LogP) is 5.69. The number of furan rings is 1. The lowest BCUT2D eigenvalue weighted by Gasteiger charge is -2.26. The maximum Gasteiger partial charge on any atom is 0.255 e. The largest absolute Gasteiger partial charge is 0.461 e. The Morgan fingerprint density at radius 1 is 0.919 bits per heavy atom. The number of anilines is 1. The SMILES string of the molecule is CCc1ccc(C(=O)Nc2cccc(-c3cc4c(o3)CCN(C(=O)c3ccc5c(c3)OCO5)C4)c2)cc1. The topological polar surface area (TPSA) is 81.0 Å². The molecule has 3 aromatic carbocycles. The van der Waals surface area contributed by atoms with Crippen molar-refractivity contribution in [1.29, 1.82) is 0 Å². The van der Waals surface area contributed by atoms with Crippen molar-refractivity contribution < 1.29 is 23.5 Å². The maximum atomic E-state index is 13.1. The minimum Gasteiger partial charge on any atom is -0.461 e. The summed E-state index contributed by atoms with van der Waals surface area (Å²) in [5.74, 6) is 2.64. The molecule has 0 aliphatic carbocycles. The molecule has 2 aliphatic rings. The van der Waals surface area contributed by atoms with Gasteiger partial charge in [-0.25, -0.2) is 0 Å². The second kappa shape index (κ2) is 9.50. The van der Waals surface area contributed by atoms with Gasteiger partial charge in [-0.15, -0.1) is 0 Å². The number of benzene rings is 3. The number of hydrogen-bond acceptors (Lipinski definition) is 5. The van der Waals surface area contributed by atoms with Gasteiger partial charge in [0.1, 0.15) is 11.5 Å². The van der Waals surface area contributed by atoms with Crippen LogP contribution in [0.25, 0.3) is 11.3 Å². The Morgan fingerprint density at radius 3 is 2.57 bits per heavy atom. The molecular formula is C30H26N2O5. The van der Waals surface area contributed by atoms with Gasteiger partial charge in [0.25, 0.3) is 11.8 Å². The van der Waals surface area contributed by atoms with E-state index in [1.54, 1.807) is 18.2 Å². The highest BCUT2D eigenvalue weighted by atomic mass is 16.7. The Balaban J connectivity index is 1.16. The highest BCUT2D eigenvalue weighted by molar-refractivity contribution is 6.04. The van der Waals surface area contributed by atoms with Crippen LogP contribution in [0.1, 0.15) is 44.5 Å². The number of nitrogens with one attached hydrogen (secondary N) is 1. The molecule has 3 heterocycles. The molecule has 1 aromatic heterocycles. The van der Waals surface area contributed by atoms with Crippen LogP contribution in [0.15, 0.2) is 77.2 Å². The first-order chi connectivity index (χ1) is 18.1. The third-order valence-electron chi connectivity index (χ3n) is 6.80. The Kier molecular flexibility index (Phi) is 5.88. The number of hydrogen-bond donors (Lipinski definition) is 1. The van der Waals surface area contributed by atoms with E-state index in [2.05, 4.69) is 12.2 Å². The molecule has 2 aliphatic heterocycles. The van der Waals surface area contributed by atoms with Gasteiger partial charge >= 0.3 is 0 Å². The van der Waals surface area contributed by atoms with Crippen LogP contribution in [-0.4, -0.2) is 30.1 Å². The number of nitrogens with zero attached hydrogens (tertiary/aromatic N) is 1. The van der Waals surface area contributed by atoms with Gasteiger partial charge in [0.05, 0.1) is 0 Å². The number of fused-ring (bicyclic) bond motifs is 2. The van der Waals surface area contributed by atoms with E-state index >= 15 is 0 Å². The minimum atomic E-state index is -0.156. The zero-order valence-electron chi connectivity index (χ0n) is 20.5. The summed E-state index contributed by atoms with van der Waals surface area (Å²) in [6.45, 7) is 3.30. The Hall–Kier alpha value is -4.52. The van der Waals surface area contributed by atoms with Crippen LogP contribution in [0.2, 0.25) is 0 Å². The number of carbonyl (C=O) groups is 2. The van der Waals surface area contributed by atoms with Crippen molar-refractivity contribution in [2.45, 2.75) is 26.3 Å². The van der Waals surface area contributed by atoms with Gasteiger partial charge in [-0.3, -0.25) is 9.59 Å². The van der Waals surface area contributed by atoms with E-state index in [4.69, 9.17) is 13.9 Å². The van der Waals surface area contributed by atoms with Crippen LogP contribution in [-0.2, 0) is 19.4 Å². The summed E-state index contributed by atoms with van der Waals surface area (Å²) in [6, 6.07) is 22.5. The summed E-state index contributed by atoms with van der Waals surface area (Å²) in [5.41, 5.74) is 4.92. The molecular weight excluding hydrogens is 468 g/mol. The van der Waals surface area contributed by atoms with Crippen molar-refractivity contribution in [1.82, 2.24) is 4.90 Å². The van der Waals surface area contributed by atoms with Crippen LogP contribution >= 0.6 is 0 Å². The smallest absolute Gasteiger partial charge is 0.255 e. The highest BCUT2D eigenvalue weighted by Gasteiger charge is 2.26. The van der Waals surface area contributed by atoms with Crippen molar-refractivity contribution in [3.05, 3.63) is 101 Å². The lowest BCUT2D eigenvalue weighted by Crippen LogP contribution is -2.35. The monoisotopic (exact) mass is 494 g/mol. The third kappa shape index (κ3) is 4.56. The zero-order valence-corrected chi connectivity index (χ0v) is 20.5. The molecule has 37 heavy (non-hydrogen) atoms. The number of aryl methyl sites for hydroxylation is 1. The van der Waals surface area contributed by atoms with Crippen LogP contribution in [0, 0.1) is 0 Å². The van der Waals surface area contributed by atoms with Crippen molar-refractivity contribution in [3.8, 4) is 22.8 Å². The van der Waals surface area contributed by atoms with Gasteiger partial charge in [0, 0.05) is 47.5 Å². The molecule has 4 aromatic rings. The Bertz CT molecular complexity index is 1490. The average molecular weight is 495 g/mol. The van der Waals surface area contributed by atoms with Gasteiger partial charge in [-0.05, 0) is 60.5 Å². The summed E-state index contributed by atoms with van der Waals surface area (Å²) in [5, 5.41) is 2.97. The van der Waals surface area contributed by atoms with E-state index in [0.717, 1.165) is 23.3 Å². The average Bonchev–Trinajstić information content (AvgIpc) is 3.59. The van der Waals surface area contributed by atoms with Gasteiger partial charge in [-0.1, -0.05) is 31.2 Å². The first-order valence-corrected chi connectivity index (χ1v) is 12.4. The number of ether oxygens (including phenoxy) is 2. The Morgan fingerprint density at radius 2 is 1.73 bits per heavy atom. The second-order valence-corrected chi connectivity index (χ2v) is 9.19. The summed E-state index contributed by atoms with van der Waals surface area (Å²) < 4.78 is 16.9. The van der Waals surface area contributed by atoms with Crippen LogP contribution < -0.4 is 14.8 Å². The molecule has 0 radical (unpaired) electrons. The minimum absolute atomic E-state index is 0.0524. The third-order valence-corrected chi connectivity index (χ3v) is 6.80. The molecule has 7 nitrogen and oxygen atoms in total.